The SMILES string of the molecule is CC(C)OC1CC1.CC(C)OC1CCCC1.CC(C)OC1CCCC1.CC(C)OCC1CC1. The van der Waals surface area contributed by atoms with Gasteiger partial charge >= 0.3 is 0 Å². The average Bonchev–Trinajstić information content (AvgIpc) is 3.61. The Hall–Kier alpha value is -0.160. The van der Waals surface area contributed by atoms with Crippen LogP contribution in [0.4, 0.5) is 0 Å². The topological polar surface area (TPSA) is 36.9 Å². The van der Waals surface area contributed by atoms with Crippen molar-refractivity contribution in [3.05, 3.63) is 0 Å². The van der Waals surface area contributed by atoms with Crippen molar-refractivity contribution in [1.82, 2.24) is 0 Å². The summed E-state index contributed by atoms with van der Waals surface area (Å²) >= 11 is 0. The van der Waals surface area contributed by atoms with Crippen LogP contribution in [0.15, 0.2) is 0 Å². The second-order valence-corrected chi connectivity index (χ2v) is 11.4. The summed E-state index contributed by atoms with van der Waals surface area (Å²) in [5.41, 5.74) is 0. The highest BCUT2D eigenvalue weighted by molar-refractivity contribution is 4.73. The fourth-order valence-electron chi connectivity index (χ4n) is 4.02. The molecule has 4 heteroatoms. The van der Waals surface area contributed by atoms with Gasteiger partial charge in [0.05, 0.1) is 42.7 Å². The fraction of sp³-hybridized carbons (Fsp3) is 1.00. The van der Waals surface area contributed by atoms with Crippen LogP contribution >= 0.6 is 0 Å². The van der Waals surface area contributed by atoms with E-state index in [4.69, 9.17) is 18.9 Å². The zero-order valence-electron chi connectivity index (χ0n) is 23.4. The van der Waals surface area contributed by atoms with Crippen molar-refractivity contribution in [2.24, 2.45) is 5.92 Å². The van der Waals surface area contributed by atoms with Gasteiger partial charge in [-0.3, -0.25) is 0 Å². The molecular formula is C29H58O4. The van der Waals surface area contributed by atoms with Gasteiger partial charge in [0.25, 0.3) is 0 Å². The molecule has 0 heterocycles. The first kappa shape index (κ1) is 30.9. The molecule has 4 aliphatic carbocycles. The van der Waals surface area contributed by atoms with Crippen LogP contribution in [0, 0.1) is 5.92 Å². The molecule has 0 unspecified atom stereocenters. The standard InChI is InChI=1S/2C8H16O.C7H14O.C6H12O/c2*1-7(2)9-8-5-3-4-6-8;1-6(2)8-5-7-3-4-7;1-5(2)7-6-3-4-6/h2*7-8H,3-6H2,1-2H3;6-7H,3-5H2,1-2H3;5-6H,3-4H2,1-2H3. The van der Waals surface area contributed by atoms with Crippen LogP contribution < -0.4 is 0 Å². The second kappa shape index (κ2) is 18.2. The van der Waals surface area contributed by atoms with Gasteiger partial charge in [-0.1, -0.05) is 25.7 Å². The van der Waals surface area contributed by atoms with Crippen LogP contribution in [0.3, 0.4) is 0 Å². The molecule has 0 atom stereocenters. The van der Waals surface area contributed by atoms with Crippen LogP contribution in [-0.4, -0.2) is 49.3 Å². The predicted octanol–water partition coefficient (Wildman–Crippen LogP) is 8.10. The molecule has 33 heavy (non-hydrogen) atoms. The van der Waals surface area contributed by atoms with E-state index in [2.05, 4.69) is 55.4 Å². The highest BCUT2D eigenvalue weighted by Gasteiger charge is 2.23. The monoisotopic (exact) mass is 470 g/mol. The Labute approximate surface area is 206 Å². The van der Waals surface area contributed by atoms with E-state index >= 15 is 0 Å². The van der Waals surface area contributed by atoms with E-state index in [1.54, 1.807) is 0 Å². The zero-order chi connectivity index (χ0) is 24.6. The number of ether oxygens (including phenoxy) is 4. The van der Waals surface area contributed by atoms with Gasteiger partial charge < -0.3 is 18.9 Å². The van der Waals surface area contributed by atoms with Gasteiger partial charge in [0.1, 0.15) is 0 Å². The first-order valence-electron chi connectivity index (χ1n) is 14.2. The lowest BCUT2D eigenvalue weighted by Gasteiger charge is -2.13. The quantitative estimate of drug-likeness (QED) is 0.341. The molecule has 0 N–H and O–H groups in total. The molecule has 0 aromatic rings. The van der Waals surface area contributed by atoms with Crippen molar-refractivity contribution >= 4 is 0 Å². The number of hydrogen-bond acceptors (Lipinski definition) is 4. The molecule has 0 aliphatic heterocycles. The van der Waals surface area contributed by atoms with Gasteiger partial charge in [0.2, 0.25) is 0 Å². The van der Waals surface area contributed by atoms with Crippen molar-refractivity contribution in [2.75, 3.05) is 6.61 Å². The highest BCUT2D eigenvalue weighted by atomic mass is 16.5. The third kappa shape index (κ3) is 20.9. The first-order valence-corrected chi connectivity index (χ1v) is 14.2. The number of hydrogen-bond donors (Lipinski definition) is 0. The average molecular weight is 471 g/mol. The highest BCUT2D eigenvalue weighted by Crippen LogP contribution is 2.29. The minimum Gasteiger partial charge on any atom is -0.379 e. The van der Waals surface area contributed by atoms with Gasteiger partial charge in [-0.25, -0.2) is 0 Å². The summed E-state index contributed by atoms with van der Waals surface area (Å²) in [6.45, 7) is 17.8. The lowest BCUT2D eigenvalue weighted by atomic mass is 10.3. The third-order valence-electron chi connectivity index (χ3n) is 5.88. The molecule has 4 aliphatic rings. The maximum Gasteiger partial charge on any atom is 0.0580 e. The lowest BCUT2D eigenvalue weighted by molar-refractivity contribution is 0.0123. The Morgan fingerprint density at radius 3 is 1.03 bits per heavy atom. The Morgan fingerprint density at radius 1 is 0.455 bits per heavy atom. The van der Waals surface area contributed by atoms with Gasteiger partial charge in [0, 0.05) is 6.61 Å². The van der Waals surface area contributed by atoms with E-state index in [-0.39, 0.29) is 0 Å². The van der Waals surface area contributed by atoms with E-state index < -0.39 is 0 Å². The summed E-state index contributed by atoms with van der Waals surface area (Å²) < 4.78 is 21.9. The van der Waals surface area contributed by atoms with E-state index in [1.807, 2.05) is 0 Å². The first-order chi connectivity index (χ1) is 15.7. The maximum absolute atomic E-state index is 5.61. The zero-order valence-corrected chi connectivity index (χ0v) is 23.4. The molecule has 0 bridgehead atoms. The molecule has 4 fully saturated rings. The summed E-state index contributed by atoms with van der Waals surface area (Å²) in [6, 6.07) is 0. The molecule has 0 aromatic carbocycles. The van der Waals surface area contributed by atoms with Crippen LogP contribution in [0.5, 0.6) is 0 Å². The minimum atomic E-state index is 0.424. The Balaban J connectivity index is 0.000000221. The fourth-order valence-corrected chi connectivity index (χ4v) is 4.02. The van der Waals surface area contributed by atoms with Crippen LogP contribution in [0.25, 0.3) is 0 Å². The molecule has 4 nitrogen and oxygen atoms in total. The van der Waals surface area contributed by atoms with E-state index in [1.165, 1.54) is 77.0 Å². The van der Waals surface area contributed by atoms with E-state index in [0.29, 0.717) is 42.7 Å². The van der Waals surface area contributed by atoms with Crippen molar-refractivity contribution < 1.29 is 18.9 Å². The smallest absolute Gasteiger partial charge is 0.0580 e. The van der Waals surface area contributed by atoms with Crippen LogP contribution in [-0.2, 0) is 18.9 Å². The normalized spacial score (nSPS) is 21.1. The van der Waals surface area contributed by atoms with E-state index in [0.717, 1.165) is 12.5 Å². The van der Waals surface area contributed by atoms with Crippen molar-refractivity contribution in [3.8, 4) is 0 Å². The Morgan fingerprint density at radius 2 is 0.788 bits per heavy atom. The van der Waals surface area contributed by atoms with E-state index in [9.17, 15) is 0 Å². The minimum absolute atomic E-state index is 0.424. The molecule has 4 saturated carbocycles. The Kier molecular flexibility index (Phi) is 17.0. The lowest BCUT2D eigenvalue weighted by Crippen LogP contribution is -2.13. The van der Waals surface area contributed by atoms with Gasteiger partial charge in [-0.15, -0.1) is 0 Å². The molecule has 0 aromatic heterocycles. The second-order valence-electron chi connectivity index (χ2n) is 11.4. The molecule has 0 saturated heterocycles. The van der Waals surface area contributed by atoms with Crippen LogP contribution in [0.2, 0.25) is 0 Å². The van der Waals surface area contributed by atoms with Crippen molar-refractivity contribution in [1.29, 1.82) is 0 Å². The van der Waals surface area contributed by atoms with Crippen molar-refractivity contribution in [3.63, 3.8) is 0 Å². The molecule has 0 amide bonds. The van der Waals surface area contributed by atoms with Gasteiger partial charge in [-0.05, 0) is 113 Å². The molecular weight excluding hydrogens is 412 g/mol. The summed E-state index contributed by atoms with van der Waals surface area (Å²) in [4.78, 5) is 0. The predicted molar refractivity (Wildman–Crippen MR) is 140 cm³/mol. The van der Waals surface area contributed by atoms with Crippen molar-refractivity contribution in [2.45, 2.75) is 175 Å². The number of rotatable bonds is 9. The maximum atomic E-state index is 5.61. The molecule has 0 spiro atoms. The summed E-state index contributed by atoms with van der Waals surface area (Å²) in [6.07, 6.45) is 19.5. The molecule has 198 valence electrons. The third-order valence-corrected chi connectivity index (χ3v) is 5.88. The van der Waals surface area contributed by atoms with Crippen LogP contribution in [0.1, 0.15) is 132 Å². The summed E-state index contributed by atoms with van der Waals surface area (Å²) in [5.74, 6) is 0.914. The molecule has 4 rings (SSSR count). The Bertz CT molecular complexity index is 405. The van der Waals surface area contributed by atoms with Gasteiger partial charge in [0.15, 0.2) is 0 Å². The summed E-state index contributed by atoms with van der Waals surface area (Å²) in [5, 5.41) is 0. The molecule has 0 radical (unpaired) electrons. The van der Waals surface area contributed by atoms with Gasteiger partial charge in [-0.2, -0.15) is 0 Å². The largest absolute Gasteiger partial charge is 0.379 e. The summed E-state index contributed by atoms with van der Waals surface area (Å²) in [7, 11) is 0.